The van der Waals surface area contributed by atoms with E-state index in [4.69, 9.17) is 23.4 Å². The van der Waals surface area contributed by atoms with Gasteiger partial charge in [0.2, 0.25) is 0 Å². The highest BCUT2D eigenvalue weighted by Gasteiger charge is 2.63. The highest BCUT2D eigenvalue weighted by Crippen LogP contribution is 2.40. The Bertz CT molecular complexity index is 272. The molecule has 1 atom stereocenters. The van der Waals surface area contributed by atoms with Crippen molar-refractivity contribution >= 4 is 7.32 Å². The second kappa shape index (κ2) is 3.66. The molecule has 0 aliphatic carbocycles. The average Bonchev–Trinajstić information content (AvgIpc) is 2.31. The van der Waals surface area contributed by atoms with Gasteiger partial charge in [-0.05, 0) is 27.7 Å². The summed E-state index contributed by atoms with van der Waals surface area (Å²) in [5.41, 5.74) is -1.18. The van der Waals surface area contributed by atoms with Crippen molar-refractivity contribution in [2.45, 2.75) is 45.1 Å². The molecule has 0 aromatic heterocycles. The molecule has 3 fully saturated rings. The monoisotopic (exact) mass is 232 g/mol. The third-order valence-electron chi connectivity index (χ3n) is 2.87. The molecule has 3 aliphatic rings. The first kappa shape index (κ1) is 12.3. The van der Waals surface area contributed by atoms with E-state index in [1.807, 2.05) is 6.92 Å². The number of fused-ring (bicyclic) bond motifs is 3. The zero-order valence-corrected chi connectivity index (χ0v) is 9.98. The predicted molar refractivity (Wildman–Crippen MR) is 54.0 cm³/mol. The molecule has 16 heavy (non-hydrogen) atoms. The van der Waals surface area contributed by atoms with Crippen LogP contribution in [0.15, 0.2) is 0 Å². The Morgan fingerprint density at radius 1 is 1.38 bits per heavy atom. The minimum absolute atomic E-state index is 0.0534. The molecule has 0 amide bonds. The fourth-order valence-corrected chi connectivity index (χ4v) is 1.51. The van der Waals surface area contributed by atoms with E-state index in [9.17, 15) is 5.11 Å². The summed E-state index contributed by atoms with van der Waals surface area (Å²) in [7, 11) is -0.856. The normalized spacial score (nSPS) is 39.2. The van der Waals surface area contributed by atoms with Crippen molar-refractivity contribution in [1.29, 1.82) is 0 Å². The van der Waals surface area contributed by atoms with Gasteiger partial charge in [-0.3, -0.25) is 0 Å². The summed E-state index contributed by atoms with van der Waals surface area (Å²) in [6.45, 7) is 7.16. The van der Waals surface area contributed by atoms with Crippen molar-refractivity contribution in [3.63, 3.8) is 0 Å². The molecule has 2 bridgehead atoms. The maximum atomic E-state index is 9.97. The Morgan fingerprint density at radius 3 is 2.50 bits per heavy atom. The molecule has 0 saturated carbocycles. The van der Waals surface area contributed by atoms with Gasteiger partial charge in [0.05, 0.1) is 0 Å². The van der Waals surface area contributed by atoms with E-state index in [0.717, 1.165) is 0 Å². The summed E-state index contributed by atoms with van der Waals surface area (Å²) in [5, 5.41) is 9.97. The van der Waals surface area contributed by atoms with Gasteiger partial charge in [-0.25, -0.2) is 0 Å². The Hall–Kier alpha value is -0.175. The van der Waals surface area contributed by atoms with Gasteiger partial charge in [-0.1, -0.05) is 0 Å². The Morgan fingerprint density at radius 2 is 2.00 bits per heavy atom. The zero-order chi connectivity index (χ0) is 12.0. The molecule has 0 aromatic carbocycles. The second-order valence-electron chi connectivity index (χ2n) is 4.55. The Balaban J connectivity index is 2.10. The molecule has 7 heteroatoms. The van der Waals surface area contributed by atoms with Crippen LogP contribution in [0, 0.1) is 0 Å². The summed E-state index contributed by atoms with van der Waals surface area (Å²) in [6, 6.07) is 0. The van der Waals surface area contributed by atoms with Crippen LogP contribution in [0.25, 0.3) is 0 Å². The van der Waals surface area contributed by atoms with Crippen molar-refractivity contribution in [2.24, 2.45) is 0 Å². The van der Waals surface area contributed by atoms with Crippen LogP contribution < -0.4 is 0 Å². The molecule has 3 heterocycles. The first-order valence-electron chi connectivity index (χ1n) is 5.34. The van der Waals surface area contributed by atoms with E-state index < -0.39 is 24.7 Å². The lowest BCUT2D eigenvalue weighted by Crippen LogP contribution is -2.61. The molecular formula is C9H17BO6. The molecule has 0 radical (unpaired) electrons. The lowest BCUT2D eigenvalue weighted by molar-refractivity contribution is -0.385. The van der Waals surface area contributed by atoms with Crippen LogP contribution in [0.2, 0.25) is 0 Å². The molecule has 0 aromatic rings. The Kier molecular flexibility index (Phi) is 2.81. The molecule has 3 aliphatic heterocycles. The van der Waals surface area contributed by atoms with Crippen LogP contribution in [0.4, 0.5) is 0 Å². The minimum Gasteiger partial charge on any atom is -0.385 e. The number of hydrogen-bond acceptors (Lipinski definition) is 6. The number of hydrogen-bond donors (Lipinski definition) is 1. The fraction of sp³-hybridized carbons (Fsp3) is 1.00. The van der Waals surface area contributed by atoms with Crippen molar-refractivity contribution < 1.29 is 28.5 Å². The van der Waals surface area contributed by atoms with Gasteiger partial charge in [0.25, 0.3) is 5.97 Å². The summed E-state index contributed by atoms with van der Waals surface area (Å²) in [6.07, 6.45) is 0. The van der Waals surface area contributed by atoms with Crippen LogP contribution in [0.1, 0.15) is 27.7 Å². The number of ether oxygens (including phenoxy) is 2. The Labute approximate surface area is 94.9 Å². The van der Waals surface area contributed by atoms with Crippen molar-refractivity contribution in [3.8, 4) is 0 Å². The van der Waals surface area contributed by atoms with Gasteiger partial charge in [0, 0.05) is 6.61 Å². The smallest absolute Gasteiger partial charge is 0.385 e. The van der Waals surface area contributed by atoms with Crippen molar-refractivity contribution in [1.82, 2.24) is 0 Å². The molecule has 6 nitrogen and oxygen atoms in total. The zero-order valence-electron chi connectivity index (χ0n) is 9.98. The fourth-order valence-electron chi connectivity index (χ4n) is 1.51. The predicted octanol–water partition coefficient (Wildman–Crippen LogP) is 0.242. The van der Waals surface area contributed by atoms with E-state index in [1.54, 1.807) is 20.8 Å². The van der Waals surface area contributed by atoms with Gasteiger partial charge in [0.15, 0.2) is 5.79 Å². The standard InChI is InChI=1S/C9H17BO6/c1-5-12-9-6-13-8(4,7(2,3)11)14-10(15-9)16-9/h11H,5-6H2,1-4H3. The SMILES string of the molecule is CCOC12COC(C)(C(C)(C)O)OB(O1)O2. The van der Waals surface area contributed by atoms with Gasteiger partial charge in [-0.2, -0.15) is 0 Å². The van der Waals surface area contributed by atoms with E-state index in [2.05, 4.69) is 0 Å². The van der Waals surface area contributed by atoms with Gasteiger partial charge in [-0.15, -0.1) is 0 Å². The summed E-state index contributed by atoms with van der Waals surface area (Å²) < 4.78 is 26.8. The van der Waals surface area contributed by atoms with E-state index in [0.29, 0.717) is 6.61 Å². The van der Waals surface area contributed by atoms with Crippen LogP contribution in [-0.2, 0) is 23.4 Å². The maximum absolute atomic E-state index is 9.97. The first-order valence-corrected chi connectivity index (χ1v) is 5.34. The third-order valence-corrected chi connectivity index (χ3v) is 2.87. The largest absolute Gasteiger partial charge is 0.649 e. The maximum Gasteiger partial charge on any atom is 0.649 e. The summed E-state index contributed by atoms with van der Waals surface area (Å²) >= 11 is 0. The molecule has 3 saturated heterocycles. The second-order valence-corrected chi connectivity index (χ2v) is 4.55. The van der Waals surface area contributed by atoms with Crippen LogP contribution >= 0.6 is 0 Å². The molecule has 3 rings (SSSR count). The highest BCUT2D eigenvalue weighted by molar-refractivity contribution is 6.39. The van der Waals surface area contributed by atoms with E-state index in [1.165, 1.54) is 0 Å². The lowest BCUT2D eigenvalue weighted by atomic mass is 9.97. The van der Waals surface area contributed by atoms with Gasteiger partial charge in [0.1, 0.15) is 12.2 Å². The van der Waals surface area contributed by atoms with Gasteiger partial charge >= 0.3 is 7.32 Å². The lowest BCUT2D eigenvalue weighted by Gasteiger charge is -2.41. The minimum atomic E-state index is -1.19. The third kappa shape index (κ3) is 1.87. The topological polar surface area (TPSA) is 66.4 Å². The quantitative estimate of drug-likeness (QED) is 0.703. The average molecular weight is 232 g/mol. The molecule has 1 N–H and O–H groups in total. The van der Waals surface area contributed by atoms with Crippen molar-refractivity contribution in [3.05, 3.63) is 0 Å². The van der Waals surface area contributed by atoms with E-state index >= 15 is 0 Å². The highest BCUT2D eigenvalue weighted by atomic mass is 17.0. The van der Waals surface area contributed by atoms with Crippen LogP contribution in [0.3, 0.4) is 0 Å². The summed E-state index contributed by atoms with van der Waals surface area (Å²) in [5.74, 6) is -2.37. The van der Waals surface area contributed by atoms with Crippen molar-refractivity contribution in [2.75, 3.05) is 13.2 Å². The molecule has 1 unspecified atom stereocenters. The molecule has 0 spiro atoms. The van der Waals surface area contributed by atoms with Gasteiger partial charge < -0.3 is 28.5 Å². The summed E-state index contributed by atoms with van der Waals surface area (Å²) in [4.78, 5) is 0. The first-order chi connectivity index (χ1) is 7.30. The molecular weight excluding hydrogens is 215 g/mol. The van der Waals surface area contributed by atoms with Crippen LogP contribution in [0.5, 0.6) is 0 Å². The van der Waals surface area contributed by atoms with Crippen LogP contribution in [-0.4, -0.2) is 43.0 Å². The number of aliphatic hydroxyl groups is 1. The molecule has 92 valence electrons. The number of rotatable bonds is 3. The van der Waals surface area contributed by atoms with E-state index in [-0.39, 0.29) is 6.61 Å².